The van der Waals surface area contributed by atoms with Gasteiger partial charge in [0.05, 0.1) is 6.26 Å². The van der Waals surface area contributed by atoms with E-state index in [0.717, 1.165) is 25.8 Å². The molecule has 0 aliphatic carbocycles. The zero-order valence-electron chi connectivity index (χ0n) is 12.3. The van der Waals surface area contributed by atoms with Crippen molar-refractivity contribution in [1.82, 2.24) is 9.62 Å². The lowest BCUT2D eigenvalue weighted by Gasteiger charge is -2.36. The lowest BCUT2D eigenvalue weighted by molar-refractivity contribution is 0.118. The standard InChI is InChI=1S/C13H28N2O2S/c1-10(2)13-9-12(14-18(5,16)17)7-6-8-15(13)11(3)4/h10-14H,6-9H2,1-5H3. The Kier molecular flexibility index (Phi) is 5.62. The van der Waals surface area contributed by atoms with Gasteiger partial charge in [-0.15, -0.1) is 0 Å². The number of likely N-dealkylation sites (tertiary alicyclic amines) is 1. The van der Waals surface area contributed by atoms with E-state index in [1.165, 1.54) is 6.26 Å². The van der Waals surface area contributed by atoms with Gasteiger partial charge < -0.3 is 0 Å². The SMILES string of the molecule is CC(C)C1CC(NS(C)(=O)=O)CCCN1C(C)C. The molecule has 0 amide bonds. The van der Waals surface area contributed by atoms with Crippen LogP contribution in [0, 0.1) is 5.92 Å². The molecule has 1 rings (SSSR count). The first kappa shape index (κ1) is 15.9. The lowest BCUT2D eigenvalue weighted by Crippen LogP contribution is -2.45. The molecule has 2 unspecified atom stereocenters. The van der Waals surface area contributed by atoms with Gasteiger partial charge in [-0.25, -0.2) is 13.1 Å². The Morgan fingerprint density at radius 1 is 1.22 bits per heavy atom. The highest BCUT2D eigenvalue weighted by Crippen LogP contribution is 2.25. The molecule has 0 spiro atoms. The van der Waals surface area contributed by atoms with E-state index in [9.17, 15) is 8.42 Å². The predicted molar refractivity (Wildman–Crippen MR) is 76.1 cm³/mol. The number of hydrogen-bond donors (Lipinski definition) is 1. The summed E-state index contributed by atoms with van der Waals surface area (Å²) in [7, 11) is -3.10. The highest BCUT2D eigenvalue weighted by molar-refractivity contribution is 7.88. The Balaban J connectivity index is 2.79. The zero-order chi connectivity index (χ0) is 13.9. The third-order valence-corrected chi connectivity index (χ3v) is 4.50. The fourth-order valence-electron chi connectivity index (χ4n) is 2.94. The van der Waals surface area contributed by atoms with E-state index in [2.05, 4.69) is 37.3 Å². The van der Waals surface area contributed by atoms with Gasteiger partial charge in [0.2, 0.25) is 10.0 Å². The summed E-state index contributed by atoms with van der Waals surface area (Å²) in [6, 6.07) is 1.08. The van der Waals surface area contributed by atoms with Gasteiger partial charge >= 0.3 is 0 Å². The molecule has 0 saturated carbocycles. The van der Waals surface area contributed by atoms with Gasteiger partial charge in [-0.1, -0.05) is 13.8 Å². The molecule has 0 aromatic rings. The fraction of sp³-hybridized carbons (Fsp3) is 1.00. The third-order valence-electron chi connectivity index (χ3n) is 3.73. The Bertz CT molecular complexity index is 352. The molecule has 0 radical (unpaired) electrons. The zero-order valence-corrected chi connectivity index (χ0v) is 13.1. The van der Waals surface area contributed by atoms with Crippen LogP contribution in [0.4, 0.5) is 0 Å². The molecule has 18 heavy (non-hydrogen) atoms. The molecular formula is C13H28N2O2S. The van der Waals surface area contributed by atoms with Crippen LogP contribution in [0.5, 0.6) is 0 Å². The number of rotatable bonds is 4. The summed E-state index contributed by atoms with van der Waals surface area (Å²) in [5.41, 5.74) is 0. The number of nitrogens with one attached hydrogen (secondary N) is 1. The van der Waals surface area contributed by atoms with E-state index in [4.69, 9.17) is 0 Å². The molecule has 1 fully saturated rings. The maximum Gasteiger partial charge on any atom is 0.208 e. The van der Waals surface area contributed by atoms with E-state index in [1.54, 1.807) is 0 Å². The summed E-state index contributed by atoms with van der Waals surface area (Å²) in [4.78, 5) is 2.52. The molecule has 0 aromatic carbocycles. The molecule has 4 nitrogen and oxygen atoms in total. The minimum Gasteiger partial charge on any atom is -0.298 e. The van der Waals surface area contributed by atoms with E-state index in [0.29, 0.717) is 18.0 Å². The van der Waals surface area contributed by atoms with Crippen LogP contribution < -0.4 is 4.72 Å². The second-order valence-corrected chi connectivity index (χ2v) is 7.89. The van der Waals surface area contributed by atoms with Gasteiger partial charge in [0, 0.05) is 18.1 Å². The van der Waals surface area contributed by atoms with Gasteiger partial charge in [-0.2, -0.15) is 0 Å². The van der Waals surface area contributed by atoms with Crippen molar-refractivity contribution in [2.45, 2.75) is 65.1 Å². The van der Waals surface area contributed by atoms with Crippen molar-refractivity contribution in [3.63, 3.8) is 0 Å². The van der Waals surface area contributed by atoms with E-state index in [1.807, 2.05) is 0 Å². The van der Waals surface area contributed by atoms with Crippen LogP contribution in [0.1, 0.15) is 47.0 Å². The van der Waals surface area contributed by atoms with Crippen molar-refractivity contribution in [2.24, 2.45) is 5.92 Å². The van der Waals surface area contributed by atoms with Crippen molar-refractivity contribution >= 4 is 10.0 Å². The first-order chi connectivity index (χ1) is 8.20. The van der Waals surface area contributed by atoms with Crippen LogP contribution in [-0.4, -0.2) is 44.2 Å². The molecule has 5 heteroatoms. The molecule has 1 heterocycles. The summed E-state index contributed by atoms with van der Waals surface area (Å²) in [5.74, 6) is 0.550. The van der Waals surface area contributed by atoms with E-state index in [-0.39, 0.29) is 6.04 Å². The number of hydrogen-bond acceptors (Lipinski definition) is 3. The third kappa shape index (κ3) is 4.86. The topological polar surface area (TPSA) is 49.4 Å². The molecule has 1 N–H and O–H groups in total. The van der Waals surface area contributed by atoms with Gasteiger partial charge in [0.25, 0.3) is 0 Å². The highest BCUT2D eigenvalue weighted by Gasteiger charge is 2.30. The first-order valence-electron chi connectivity index (χ1n) is 6.93. The molecule has 0 bridgehead atoms. The Morgan fingerprint density at radius 3 is 2.28 bits per heavy atom. The maximum atomic E-state index is 11.4. The van der Waals surface area contributed by atoms with Crippen LogP contribution in [0.2, 0.25) is 0 Å². The normalized spacial score (nSPS) is 27.7. The Morgan fingerprint density at radius 2 is 1.83 bits per heavy atom. The van der Waals surface area contributed by atoms with Crippen molar-refractivity contribution in [1.29, 1.82) is 0 Å². The highest BCUT2D eigenvalue weighted by atomic mass is 32.2. The lowest BCUT2D eigenvalue weighted by atomic mass is 9.95. The average molecular weight is 276 g/mol. The van der Waals surface area contributed by atoms with E-state index < -0.39 is 10.0 Å². The van der Waals surface area contributed by atoms with Crippen molar-refractivity contribution < 1.29 is 8.42 Å². The predicted octanol–water partition coefficient (Wildman–Crippen LogP) is 1.82. The maximum absolute atomic E-state index is 11.4. The van der Waals surface area contributed by atoms with Crippen LogP contribution >= 0.6 is 0 Å². The van der Waals surface area contributed by atoms with Crippen molar-refractivity contribution in [3.8, 4) is 0 Å². The molecule has 1 aliphatic rings. The van der Waals surface area contributed by atoms with E-state index >= 15 is 0 Å². The van der Waals surface area contributed by atoms with Gasteiger partial charge in [0.15, 0.2) is 0 Å². The molecule has 1 aliphatic heterocycles. The van der Waals surface area contributed by atoms with Crippen LogP contribution in [0.15, 0.2) is 0 Å². The van der Waals surface area contributed by atoms with Crippen molar-refractivity contribution in [2.75, 3.05) is 12.8 Å². The first-order valence-corrected chi connectivity index (χ1v) is 8.83. The van der Waals surface area contributed by atoms with Crippen LogP contribution in [-0.2, 0) is 10.0 Å². The largest absolute Gasteiger partial charge is 0.298 e. The molecule has 108 valence electrons. The molecule has 1 saturated heterocycles. The summed E-state index contributed by atoms with van der Waals surface area (Å²) < 4.78 is 25.5. The summed E-state index contributed by atoms with van der Waals surface area (Å²) in [5, 5.41) is 0. The van der Waals surface area contributed by atoms with Gasteiger partial charge in [-0.05, 0) is 45.6 Å². The second kappa shape index (κ2) is 6.35. The Hall–Kier alpha value is -0.130. The number of nitrogens with zero attached hydrogens (tertiary/aromatic N) is 1. The summed E-state index contributed by atoms with van der Waals surface area (Å²) in [6.45, 7) is 9.97. The molecule has 0 aromatic heterocycles. The Labute approximate surface area is 112 Å². The molecule has 2 atom stereocenters. The minimum absolute atomic E-state index is 0.0937. The fourth-order valence-corrected chi connectivity index (χ4v) is 3.76. The molecular weight excluding hydrogens is 248 g/mol. The monoisotopic (exact) mass is 276 g/mol. The van der Waals surface area contributed by atoms with Crippen LogP contribution in [0.25, 0.3) is 0 Å². The average Bonchev–Trinajstić information content (AvgIpc) is 2.37. The number of sulfonamides is 1. The minimum atomic E-state index is -3.10. The van der Waals surface area contributed by atoms with Crippen molar-refractivity contribution in [3.05, 3.63) is 0 Å². The van der Waals surface area contributed by atoms with Gasteiger partial charge in [-0.3, -0.25) is 4.90 Å². The second-order valence-electron chi connectivity index (χ2n) is 6.11. The van der Waals surface area contributed by atoms with Crippen LogP contribution in [0.3, 0.4) is 0 Å². The smallest absolute Gasteiger partial charge is 0.208 e. The summed E-state index contributed by atoms with van der Waals surface area (Å²) >= 11 is 0. The van der Waals surface area contributed by atoms with Gasteiger partial charge in [0.1, 0.15) is 0 Å². The quantitative estimate of drug-likeness (QED) is 0.852. The summed E-state index contributed by atoms with van der Waals surface area (Å²) in [6.07, 6.45) is 4.18.